The van der Waals surface area contributed by atoms with E-state index < -0.39 is 65.6 Å². The summed E-state index contributed by atoms with van der Waals surface area (Å²) in [6.45, 7) is 6.42. The maximum atomic E-state index is 12.9. The van der Waals surface area contributed by atoms with Crippen LogP contribution in [0.5, 0.6) is 0 Å². The highest BCUT2D eigenvalue weighted by Crippen LogP contribution is 2.41. The van der Waals surface area contributed by atoms with Gasteiger partial charge in [-0.25, -0.2) is 14.4 Å². The smallest absolute Gasteiger partial charge is 0.408 e. The molecule has 0 aromatic carbocycles. The van der Waals surface area contributed by atoms with Crippen LogP contribution in [0.25, 0.3) is 0 Å². The number of carbonyl (C=O) groups is 4. The van der Waals surface area contributed by atoms with E-state index in [1.165, 1.54) is 14.0 Å². The molecule has 0 aromatic rings. The van der Waals surface area contributed by atoms with Gasteiger partial charge in [-0.15, -0.1) is 0 Å². The Morgan fingerprint density at radius 2 is 1.82 bits per heavy atom. The quantitative estimate of drug-likeness (QED) is 0.381. The van der Waals surface area contributed by atoms with Gasteiger partial charge >= 0.3 is 24.0 Å². The molecule has 0 bridgehead atoms. The van der Waals surface area contributed by atoms with Gasteiger partial charge in [0, 0.05) is 19.8 Å². The van der Waals surface area contributed by atoms with E-state index in [-0.39, 0.29) is 19.4 Å². The number of hydrogen-bond donors (Lipinski definition) is 2. The van der Waals surface area contributed by atoms with E-state index in [4.69, 9.17) is 28.4 Å². The highest BCUT2D eigenvalue weighted by atomic mass is 16.6. The zero-order valence-electron chi connectivity index (χ0n) is 20.1. The third kappa shape index (κ3) is 6.55. The molecule has 2 fully saturated rings. The normalized spacial score (nSPS) is 29.9. The van der Waals surface area contributed by atoms with Crippen LogP contribution in [0.4, 0.5) is 4.79 Å². The van der Waals surface area contributed by atoms with Crippen molar-refractivity contribution in [3.63, 3.8) is 0 Å². The second-order valence-electron chi connectivity index (χ2n) is 9.03. The van der Waals surface area contributed by atoms with Crippen LogP contribution in [0.3, 0.4) is 0 Å². The molecule has 1 amide bonds. The van der Waals surface area contributed by atoms with Crippen molar-refractivity contribution in [1.29, 1.82) is 0 Å². The van der Waals surface area contributed by atoms with Gasteiger partial charge in [-0.3, -0.25) is 4.79 Å². The molecule has 2 rings (SSSR count). The summed E-state index contributed by atoms with van der Waals surface area (Å²) in [5, 5.41) is 5.50. The number of amides is 1. The first-order chi connectivity index (χ1) is 15.4. The first-order valence-electron chi connectivity index (χ1n) is 10.7. The molecule has 0 aliphatic carbocycles. The van der Waals surface area contributed by atoms with Gasteiger partial charge in [0.2, 0.25) is 0 Å². The zero-order chi connectivity index (χ0) is 25.0. The van der Waals surface area contributed by atoms with Crippen LogP contribution in [-0.4, -0.2) is 93.5 Å². The summed E-state index contributed by atoms with van der Waals surface area (Å²) in [4.78, 5) is 49.2. The van der Waals surface area contributed by atoms with Gasteiger partial charge in [-0.05, 0) is 27.8 Å². The predicted molar refractivity (Wildman–Crippen MR) is 112 cm³/mol. The number of hydrogen-bond acceptors (Lipinski definition) is 11. The molecule has 2 N–H and O–H groups in total. The average molecular weight is 475 g/mol. The van der Waals surface area contributed by atoms with Gasteiger partial charge in [0.1, 0.15) is 23.9 Å². The Kier molecular flexibility index (Phi) is 8.66. The van der Waals surface area contributed by atoms with E-state index in [1.807, 2.05) is 0 Å². The molecule has 0 spiro atoms. The van der Waals surface area contributed by atoms with Crippen molar-refractivity contribution in [2.24, 2.45) is 0 Å². The molecule has 0 radical (unpaired) electrons. The van der Waals surface area contributed by atoms with E-state index in [0.29, 0.717) is 0 Å². The zero-order valence-corrected chi connectivity index (χ0v) is 20.1. The topological polar surface area (TPSA) is 148 Å². The summed E-state index contributed by atoms with van der Waals surface area (Å²) < 4.78 is 32.4. The monoisotopic (exact) mass is 474 g/mol. The van der Waals surface area contributed by atoms with Crippen LogP contribution in [-0.2, 0) is 42.8 Å². The summed E-state index contributed by atoms with van der Waals surface area (Å²) in [5.74, 6) is -2.00. The van der Waals surface area contributed by atoms with Crippen molar-refractivity contribution >= 4 is 24.0 Å². The minimum absolute atomic E-state index is 0.0544. The molecule has 188 valence electrons. The number of carbonyl (C=O) groups excluding carboxylic acids is 4. The highest BCUT2D eigenvalue weighted by molar-refractivity contribution is 5.85. The summed E-state index contributed by atoms with van der Waals surface area (Å²) in [6.07, 6.45) is -2.96. The van der Waals surface area contributed by atoms with E-state index in [1.54, 1.807) is 27.8 Å². The summed E-state index contributed by atoms with van der Waals surface area (Å²) in [6, 6.07) is -1.74. The third-order valence-corrected chi connectivity index (χ3v) is 5.41. The Balaban J connectivity index is 2.30. The van der Waals surface area contributed by atoms with Crippen molar-refractivity contribution < 1.29 is 47.6 Å². The molecular weight excluding hydrogens is 440 g/mol. The van der Waals surface area contributed by atoms with Gasteiger partial charge in [0.15, 0.2) is 5.60 Å². The van der Waals surface area contributed by atoms with Crippen molar-refractivity contribution in [2.75, 3.05) is 27.9 Å². The van der Waals surface area contributed by atoms with Crippen molar-refractivity contribution in [3.05, 3.63) is 0 Å². The number of likely N-dealkylation sites (N-methyl/N-ethyl adjacent to an activating group) is 1. The standard InChI is InChI=1S/C21H34N2O10/c1-11(24)31-14-10-30-13-9-21(18(26)29-7,32-16(13)15(14)22-5)8-12(17(25)28-6)23-19(27)33-20(2,3)4/h12-16,22H,8-10H2,1-7H3,(H,23,27)/t12-,13+,14+,15+,16-,21+/m0/s1. The van der Waals surface area contributed by atoms with Crippen molar-refractivity contribution in [1.82, 2.24) is 10.6 Å². The molecule has 0 unspecified atom stereocenters. The number of ether oxygens (including phenoxy) is 6. The molecule has 0 saturated carbocycles. The lowest BCUT2D eigenvalue weighted by molar-refractivity contribution is -0.186. The van der Waals surface area contributed by atoms with Gasteiger partial charge in [-0.2, -0.15) is 0 Å². The Labute approximate surface area is 192 Å². The number of fused-ring (bicyclic) bond motifs is 1. The van der Waals surface area contributed by atoms with Crippen LogP contribution in [0.2, 0.25) is 0 Å². The second kappa shape index (κ2) is 10.7. The molecule has 2 aliphatic heterocycles. The lowest BCUT2D eigenvalue weighted by Crippen LogP contribution is -2.58. The van der Waals surface area contributed by atoms with Gasteiger partial charge in [0.25, 0.3) is 0 Å². The third-order valence-electron chi connectivity index (χ3n) is 5.41. The maximum Gasteiger partial charge on any atom is 0.408 e. The summed E-state index contributed by atoms with van der Waals surface area (Å²) in [7, 11) is 4.03. The average Bonchev–Trinajstić information content (AvgIpc) is 3.09. The van der Waals surface area contributed by atoms with Crippen molar-refractivity contribution in [3.8, 4) is 0 Å². The van der Waals surface area contributed by atoms with Crippen LogP contribution in [0.15, 0.2) is 0 Å². The van der Waals surface area contributed by atoms with Crippen LogP contribution < -0.4 is 10.6 Å². The minimum Gasteiger partial charge on any atom is -0.467 e. The molecule has 12 heteroatoms. The van der Waals surface area contributed by atoms with E-state index in [0.717, 1.165) is 7.11 Å². The van der Waals surface area contributed by atoms with E-state index in [9.17, 15) is 19.2 Å². The SMILES string of the molecule is CN[C@H]1[C@H]2O[C@@](C[C@H](NC(=O)OC(C)(C)C)C(=O)OC)(C(=O)OC)C[C@H]2OC[C@H]1OC(C)=O. The fourth-order valence-electron chi connectivity index (χ4n) is 4.14. The number of rotatable bonds is 7. The van der Waals surface area contributed by atoms with Crippen LogP contribution >= 0.6 is 0 Å². The van der Waals surface area contributed by atoms with Crippen LogP contribution in [0.1, 0.15) is 40.5 Å². The minimum atomic E-state index is -1.63. The molecule has 6 atom stereocenters. The Hall–Kier alpha value is -2.44. The molecule has 0 aromatic heterocycles. The number of alkyl carbamates (subject to hydrolysis) is 1. The Morgan fingerprint density at radius 1 is 1.15 bits per heavy atom. The fourth-order valence-corrected chi connectivity index (χ4v) is 4.14. The number of methoxy groups -OCH3 is 2. The molecule has 2 saturated heterocycles. The molecular formula is C21H34N2O10. The van der Waals surface area contributed by atoms with E-state index >= 15 is 0 Å². The molecule has 12 nitrogen and oxygen atoms in total. The van der Waals surface area contributed by atoms with Gasteiger partial charge in [-0.1, -0.05) is 0 Å². The lowest BCUT2D eigenvalue weighted by Gasteiger charge is -2.38. The molecule has 2 aliphatic rings. The molecule has 33 heavy (non-hydrogen) atoms. The number of nitrogens with one attached hydrogen (secondary N) is 2. The summed E-state index contributed by atoms with van der Waals surface area (Å²) in [5.41, 5.74) is -2.43. The largest absolute Gasteiger partial charge is 0.467 e. The Morgan fingerprint density at radius 3 is 2.33 bits per heavy atom. The predicted octanol–water partition coefficient (Wildman–Crippen LogP) is 0.0620. The van der Waals surface area contributed by atoms with Gasteiger partial charge < -0.3 is 39.1 Å². The first kappa shape index (κ1) is 26.8. The summed E-state index contributed by atoms with van der Waals surface area (Å²) >= 11 is 0. The highest BCUT2D eigenvalue weighted by Gasteiger charge is 2.59. The first-order valence-corrected chi connectivity index (χ1v) is 10.7. The second-order valence-corrected chi connectivity index (χ2v) is 9.03. The lowest BCUT2D eigenvalue weighted by atomic mass is 9.88. The fraction of sp³-hybridized carbons (Fsp3) is 0.810. The Bertz CT molecular complexity index is 752. The van der Waals surface area contributed by atoms with Crippen LogP contribution in [0, 0.1) is 0 Å². The number of esters is 3. The van der Waals surface area contributed by atoms with Crippen molar-refractivity contribution in [2.45, 2.75) is 82.1 Å². The molecule has 2 heterocycles. The van der Waals surface area contributed by atoms with Gasteiger partial charge in [0.05, 0.1) is 33.0 Å². The van der Waals surface area contributed by atoms with E-state index in [2.05, 4.69) is 10.6 Å². The maximum absolute atomic E-state index is 12.9.